The fourth-order valence-electron chi connectivity index (χ4n) is 4.28. The van der Waals surface area contributed by atoms with Crippen LogP contribution < -0.4 is 5.32 Å². The van der Waals surface area contributed by atoms with Crippen molar-refractivity contribution in [3.8, 4) is 0 Å². The van der Waals surface area contributed by atoms with Gasteiger partial charge in [-0.1, -0.05) is 38.2 Å². The fourth-order valence-corrected chi connectivity index (χ4v) is 4.28. The monoisotopic (exact) mass is 381 g/mol. The van der Waals surface area contributed by atoms with Crippen LogP contribution in [0.2, 0.25) is 0 Å². The highest BCUT2D eigenvalue weighted by molar-refractivity contribution is 6.05. The number of amides is 1. The summed E-state index contributed by atoms with van der Waals surface area (Å²) in [6.45, 7) is 0.240. The molecule has 0 spiro atoms. The molecule has 1 fully saturated rings. The second kappa shape index (κ2) is 8.09. The van der Waals surface area contributed by atoms with E-state index in [-0.39, 0.29) is 12.5 Å². The highest BCUT2D eigenvalue weighted by Gasteiger charge is 2.34. The van der Waals surface area contributed by atoms with E-state index < -0.39 is 17.7 Å². The van der Waals surface area contributed by atoms with Gasteiger partial charge in [0.15, 0.2) is 5.83 Å². The number of aromatic nitrogens is 1. The molecule has 0 radical (unpaired) electrons. The van der Waals surface area contributed by atoms with Crippen LogP contribution in [0.15, 0.2) is 59.7 Å². The molecule has 0 unspecified atom stereocenters. The zero-order valence-corrected chi connectivity index (χ0v) is 15.7. The average molecular weight is 381 g/mol. The van der Waals surface area contributed by atoms with E-state index in [9.17, 15) is 14.0 Å². The summed E-state index contributed by atoms with van der Waals surface area (Å²) < 4.78 is 14.3. The lowest BCUT2D eigenvalue weighted by atomic mass is 9.84. The van der Waals surface area contributed by atoms with Crippen molar-refractivity contribution in [3.63, 3.8) is 0 Å². The van der Waals surface area contributed by atoms with Gasteiger partial charge in [-0.05, 0) is 42.2 Å². The summed E-state index contributed by atoms with van der Waals surface area (Å²) in [6, 6.07) is 4.94. The second-order valence-electron chi connectivity index (χ2n) is 7.71. The Kier molecular flexibility index (Phi) is 5.37. The van der Waals surface area contributed by atoms with Crippen LogP contribution in [-0.4, -0.2) is 34.2 Å². The number of fused-ring (bicyclic) bond motifs is 1. The first-order chi connectivity index (χ1) is 13.6. The van der Waals surface area contributed by atoms with Crippen LogP contribution >= 0.6 is 0 Å². The summed E-state index contributed by atoms with van der Waals surface area (Å²) in [5.74, 6) is -0.471. The maximum atomic E-state index is 14.3. The molecular formula is C22H24FN3O2. The molecule has 5 nitrogen and oxygen atoms in total. The molecule has 0 bridgehead atoms. The number of allylic oxidation sites excluding steroid dienone is 3. The van der Waals surface area contributed by atoms with Crippen LogP contribution in [-0.2, 0) is 9.59 Å². The standard InChI is InChI=1S/C22H24FN3O2/c23-21-17-14-26(13-16(17)9-10-19(21)27)18(12-15-6-2-1-3-7-15)22(28)25-20-8-4-5-11-24-20/h4-5,8-11,13,15,18H,1-3,6-7,12,14H2,(H,24,25,28)/t18-/m0/s1. The number of nitrogens with zero attached hydrogens (tertiary/aromatic N) is 2. The average Bonchev–Trinajstić information content (AvgIpc) is 3.15. The summed E-state index contributed by atoms with van der Waals surface area (Å²) in [5.41, 5.74) is 1.06. The zero-order chi connectivity index (χ0) is 19.5. The number of ketones is 1. The third-order valence-electron chi connectivity index (χ3n) is 5.79. The Morgan fingerprint density at radius 2 is 2.07 bits per heavy atom. The molecule has 4 rings (SSSR count). The largest absolute Gasteiger partial charge is 0.361 e. The predicted octanol–water partition coefficient (Wildman–Crippen LogP) is 3.92. The molecule has 1 aliphatic heterocycles. The van der Waals surface area contributed by atoms with E-state index in [0.717, 1.165) is 19.3 Å². The Balaban J connectivity index is 1.56. The van der Waals surface area contributed by atoms with Crippen LogP contribution in [0.25, 0.3) is 0 Å². The van der Waals surface area contributed by atoms with Crippen LogP contribution in [0, 0.1) is 5.92 Å². The van der Waals surface area contributed by atoms with E-state index in [1.54, 1.807) is 24.4 Å². The SMILES string of the molecule is O=C1C=CC2=CN([C@@H](CC3CCCCC3)C(=O)Nc3ccccn3)CC2=C1F. The Morgan fingerprint density at radius 3 is 2.82 bits per heavy atom. The molecule has 1 N–H and O–H groups in total. The Hall–Kier alpha value is -2.76. The van der Waals surface area contributed by atoms with E-state index in [0.29, 0.717) is 22.9 Å². The predicted molar refractivity (Wildman–Crippen MR) is 105 cm³/mol. The molecule has 3 aliphatic rings. The molecule has 1 aromatic heterocycles. The van der Waals surface area contributed by atoms with Gasteiger partial charge in [0.2, 0.25) is 11.7 Å². The van der Waals surface area contributed by atoms with Crippen molar-refractivity contribution in [3.05, 3.63) is 59.7 Å². The van der Waals surface area contributed by atoms with Crippen molar-refractivity contribution < 1.29 is 14.0 Å². The minimum Gasteiger partial charge on any atom is -0.361 e. The van der Waals surface area contributed by atoms with E-state index >= 15 is 0 Å². The number of nitrogens with one attached hydrogen (secondary N) is 1. The van der Waals surface area contributed by atoms with E-state index in [4.69, 9.17) is 0 Å². The number of halogens is 1. The molecule has 146 valence electrons. The smallest absolute Gasteiger partial charge is 0.248 e. The lowest BCUT2D eigenvalue weighted by molar-refractivity contribution is -0.121. The Morgan fingerprint density at radius 1 is 1.25 bits per heavy atom. The van der Waals surface area contributed by atoms with Gasteiger partial charge in [-0.2, -0.15) is 0 Å². The number of carbonyl (C=O) groups excluding carboxylic acids is 2. The van der Waals surface area contributed by atoms with Crippen molar-refractivity contribution in [2.24, 2.45) is 5.92 Å². The van der Waals surface area contributed by atoms with Crippen LogP contribution in [0.5, 0.6) is 0 Å². The fraction of sp³-hybridized carbons (Fsp3) is 0.409. The molecule has 1 amide bonds. The van der Waals surface area contributed by atoms with E-state index in [1.807, 2.05) is 17.2 Å². The van der Waals surface area contributed by atoms with Crippen molar-refractivity contribution in [1.82, 2.24) is 9.88 Å². The summed E-state index contributed by atoms with van der Waals surface area (Å²) in [6.07, 6.45) is 12.9. The molecule has 0 aromatic carbocycles. The number of hydrogen-bond acceptors (Lipinski definition) is 4. The van der Waals surface area contributed by atoms with Gasteiger partial charge in [0, 0.05) is 24.5 Å². The first-order valence-corrected chi connectivity index (χ1v) is 9.92. The molecular weight excluding hydrogens is 357 g/mol. The second-order valence-corrected chi connectivity index (χ2v) is 7.71. The first-order valence-electron chi connectivity index (χ1n) is 9.92. The van der Waals surface area contributed by atoms with E-state index in [1.165, 1.54) is 25.3 Å². The van der Waals surface area contributed by atoms with Gasteiger partial charge in [0.05, 0.1) is 0 Å². The lowest BCUT2D eigenvalue weighted by Gasteiger charge is -2.31. The molecule has 28 heavy (non-hydrogen) atoms. The maximum absolute atomic E-state index is 14.3. The minimum absolute atomic E-state index is 0.143. The molecule has 1 atom stereocenters. The molecule has 2 heterocycles. The van der Waals surface area contributed by atoms with Gasteiger partial charge >= 0.3 is 0 Å². The van der Waals surface area contributed by atoms with Gasteiger partial charge in [0.1, 0.15) is 11.9 Å². The highest BCUT2D eigenvalue weighted by Crippen LogP contribution is 2.34. The van der Waals surface area contributed by atoms with Crippen molar-refractivity contribution in [2.75, 3.05) is 11.9 Å². The van der Waals surface area contributed by atoms with Gasteiger partial charge in [-0.3, -0.25) is 9.59 Å². The van der Waals surface area contributed by atoms with Crippen LogP contribution in [0.1, 0.15) is 38.5 Å². The molecule has 1 saturated carbocycles. The number of pyridine rings is 1. The number of rotatable bonds is 5. The number of anilines is 1. The third-order valence-corrected chi connectivity index (χ3v) is 5.79. The summed E-state index contributed by atoms with van der Waals surface area (Å²) in [4.78, 5) is 30.8. The Labute approximate surface area is 164 Å². The quantitative estimate of drug-likeness (QED) is 0.840. The van der Waals surface area contributed by atoms with Gasteiger partial charge in [-0.15, -0.1) is 0 Å². The summed E-state index contributed by atoms with van der Waals surface area (Å²) in [5, 5.41) is 2.89. The summed E-state index contributed by atoms with van der Waals surface area (Å²) >= 11 is 0. The van der Waals surface area contributed by atoms with E-state index in [2.05, 4.69) is 10.3 Å². The topological polar surface area (TPSA) is 62.3 Å². The molecule has 6 heteroatoms. The highest BCUT2D eigenvalue weighted by atomic mass is 19.1. The maximum Gasteiger partial charge on any atom is 0.248 e. The minimum atomic E-state index is -0.710. The number of hydrogen-bond donors (Lipinski definition) is 1. The van der Waals surface area contributed by atoms with Gasteiger partial charge in [-0.25, -0.2) is 9.37 Å². The first kappa shape index (κ1) is 18.6. The molecule has 2 aliphatic carbocycles. The third kappa shape index (κ3) is 3.91. The Bertz CT molecular complexity index is 854. The molecule has 0 saturated heterocycles. The van der Waals surface area contributed by atoms with Gasteiger partial charge < -0.3 is 10.2 Å². The summed E-state index contributed by atoms with van der Waals surface area (Å²) in [7, 11) is 0. The normalized spacial score (nSPS) is 20.8. The van der Waals surface area contributed by atoms with Gasteiger partial charge in [0.25, 0.3) is 0 Å². The zero-order valence-electron chi connectivity index (χ0n) is 15.7. The van der Waals surface area contributed by atoms with Crippen LogP contribution in [0.3, 0.4) is 0 Å². The van der Waals surface area contributed by atoms with Crippen molar-refractivity contribution >= 4 is 17.5 Å². The molecule has 1 aromatic rings. The lowest BCUT2D eigenvalue weighted by Crippen LogP contribution is -2.42. The van der Waals surface area contributed by atoms with Crippen molar-refractivity contribution in [1.29, 1.82) is 0 Å². The number of carbonyl (C=O) groups is 2. The van der Waals surface area contributed by atoms with Crippen molar-refractivity contribution in [2.45, 2.75) is 44.6 Å². The van der Waals surface area contributed by atoms with Crippen LogP contribution in [0.4, 0.5) is 10.2 Å².